The van der Waals surface area contributed by atoms with E-state index < -0.39 is 39.6 Å². The Morgan fingerprint density at radius 3 is 2.03 bits per heavy atom. The number of carbonyl (C=O) groups is 3. The van der Waals surface area contributed by atoms with Crippen LogP contribution in [0.4, 0.5) is 0 Å². The maximum Gasteiger partial charge on any atom is 0.331 e. The van der Waals surface area contributed by atoms with Gasteiger partial charge in [-0.2, -0.15) is 0 Å². The Balaban J connectivity index is 1.67. The number of β-lactam (4-membered cyclic amide) rings is 1. The van der Waals surface area contributed by atoms with Crippen molar-refractivity contribution in [2.24, 2.45) is 5.41 Å². The van der Waals surface area contributed by atoms with Crippen molar-refractivity contribution in [3.8, 4) is 12.3 Å². The summed E-state index contributed by atoms with van der Waals surface area (Å²) in [6.45, 7) is 5.07. The minimum absolute atomic E-state index is 0.370. The molecule has 2 aliphatic rings. The van der Waals surface area contributed by atoms with Gasteiger partial charge >= 0.3 is 5.97 Å². The van der Waals surface area contributed by atoms with Gasteiger partial charge in [0.2, 0.25) is 0 Å². The fourth-order valence-corrected chi connectivity index (χ4v) is 6.12. The van der Waals surface area contributed by atoms with E-state index in [0.717, 1.165) is 11.1 Å². The van der Waals surface area contributed by atoms with Crippen LogP contribution in [0.15, 0.2) is 60.7 Å². The molecule has 3 atom stereocenters. The number of hydrogen-bond acceptors (Lipinski definition) is 5. The quantitative estimate of drug-likeness (QED) is 0.312. The average Bonchev–Trinajstić information content (AvgIpc) is 3.02. The predicted octanol–water partition coefficient (Wildman–Crippen LogP) is 3.59. The molecule has 0 bridgehead atoms. The number of Topliss-reactive ketones (excluding diaryl/α,β-unsaturated/α-hetero) is 1. The molecule has 2 saturated heterocycles. The third-order valence-corrected chi connectivity index (χ3v) is 7.63. The third kappa shape index (κ3) is 3.16. The summed E-state index contributed by atoms with van der Waals surface area (Å²) in [6.07, 6.45) is 5.00. The van der Waals surface area contributed by atoms with Gasteiger partial charge in [-0.15, -0.1) is 18.2 Å². The van der Waals surface area contributed by atoms with E-state index in [0.29, 0.717) is 0 Å². The van der Waals surface area contributed by atoms with Crippen LogP contribution in [0, 0.1) is 17.8 Å². The summed E-state index contributed by atoms with van der Waals surface area (Å²) < 4.78 is 5.36. The van der Waals surface area contributed by atoms with E-state index >= 15 is 0 Å². The molecule has 2 aliphatic heterocycles. The van der Waals surface area contributed by atoms with Crippen molar-refractivity contribution >= 4 is 29.4 Å². The van der Waals surface area contributed by atoms with E-state index in [4.69, 9.17) is 11.2 Å². The molecular formula is C25H23NO4S. The molecule has 158 valence electrons. The average molecular weight is 434 g/mol. The number of thioether (sulfide) groups is 1. The second-order valence-electron chi connectivity index (χ2n) is 8.34. The minimum Gasteiger partial charge on any atom is -0.451 e. The zero-order chi connectivity index (χ0) is 22.4. The van der Waals surface area contributed by atoms with Crippen molar-refractivity contribution < 1.29 is 19.1 Å². The van der Waals surface area contributed by atoms with Gasteiger partial charge in [-0.25, -0.2) is 4.79 Å². The zero-order valence-corrected chi connectivity index (χ0v) is 18.4. The van der Waals surface area contributed by atoms with Crippen molar-refractivity contribution in [3.05, 3.63) is 71.8 Å². The van der Waals surface area contributed by atoms with Crippen molar-refractivity contribution in [3.63, 3.8) is 0 Å². The van der Waals surface area contributed by atoms with Gasteiger partial charge < -0.3 is 9.64 Å². The molecular weight excluding hydrogens is 410 g/mol. The summed E-state index contributed by atoms with van der Waals surface area (Å²) in [5.74, 6) is 1.03. The first-order chi connectivity index (χ1) is 14.7. The number of nitrogens with zero attached hydrogens (tertiary/aromatic N) is 1. The van der Waals surface area contributed by atoms with Crippen molar-refractivity contribution in [2.75, 3.05) is 0 Å². The number of terminal acetylenes is 1. The molecule has 0 spiro atoms. The summed E-state index contributed by atoms with van der Waals surface area (Å²) in [4.78, 5) is 40.1. The Morgan fingerprint density at radius 2 is 1.58 bits per heavy atom. The van der Waals surface area contributed by atoms with Crippen LogP contribution in [0.2, 0.25) is 0 Å². The number of rotatable bonds is 5. The number of ether oxygens (including phenoxy) is 1. The maximum absolute atomic E-state index is 13.5. The number of amides is 1. The maximum atomic E-state index is 13.5. The van der Waals surface area contributed by atoms with Gasteiger partial charge in [0.15, 0.2) is 17.3 Å². The lowest BCUT2D eigenvalue weighted by Gasteiger charge is -2.48. The van der Waals surface area contributed by atoms with Gasteiger partial charge in [0.25, 0.3) is 5.91 Å². The van der Waals surface area contributed by atoms with Crippen LogP contribution in [-0.4, -0.2) is 38.7 Å². The summed E-state index contributed by atoms with van der Waals surface area (Å²) in [7, 11) is 0. The first kappa shape index (κ1) is 21.2. The molecule has 0 radical (unpaired) electrons. The first-order valence-electron chi connectivity index (χ1n) is 10.0. The molecule has 0 unspecified atom stereocenters. The molecule has 0 N–H and O–H groups in total. The molecule has 0 aromatic heterocycles. The van der Waals surface area contributed by atoms with E-state index in [2.05, 4.69) is 5.92 Å². The van der Waals surface area contributed by atoms with E-state index in [1.807, 2.05) is 74.5 Å². The lowest BCUT2D eigenvalue weighted by Crippen LogP contribution is -2.71. The molecule has 2 aromatic rings. The first-order valence-corrected chi connectivity index (χ1v) is 10.9. The van der Waals surface area contributed by atoms with Crippen LogP contribution < -0.4 is 0 Å². The Bertz CT molecular complexity index is 1040. The second kappa shape index (κ2) is 7.58. The largest absolute Gasteiger partial charge is 0.451 e. The smallest absolute Gasteiger partial charge is 0.331 e. The highest BCUT2D eigenvalue weighted by molar-refractivity contribution is 8.01. The molecule has 2 aromatic carbocycles. The van der Waals surface area contributed by atoms with Gasteiger partial charge in [0, 0.05) is 4.75 Å². The highest BCUT2D eigenvalue weighted by Crippen LogP contribution is 2.59. The molecule has 6 heteroatoms. The SMILES string of the molecule is C#C[C@]1(C(C)=O)C(=O)N2[C@@H](C(=O)OC(c3ccccc3)c3ccccc3)C(C)(C)S[C@@H]21. The summed E-state index contributed by atoms with van der Waals surface area (Å²) in [5.41, 5.74) is 0.160. The minimum atomic E-state index is -1.50. The van der Waals surface area contributed by atoms with Gasteiger partial charge in [-0.05, 0) is 31.9 Å². The third-order valence-electron chi connectivity index (χ3n) is 5.99. The van der Waals surface area contributed by atoms with E-state index in [1.165, 1.54) is 23.6 Å². The zero-order valence-electron chi connectivity index (χ0n) is 17.6. The van der Waals surface area contributed by atoms with Crippen LogP contribution >= 0.6 is 11.8 Å². The fraction of sp³-hybridized carbons (Fsp3) is 0.320. The van der Waals surface area contributed by atoms with Crippen LogP contribution in [-0.2, 0) is 19.1 Å². The number of fused-ring (bicyclic) bond motifs is 1. The van der Waals surface area contributed by atoms with Gasteiger partial charge in [-0.3, -0.25) is 9.59 Å². The molecule has 0 aliphatic carbocycles. The van der Waals surface area contributed by atoms with Crippen LogP contribution in [0.5, 0.6) is 0 Å². The molecule has 31 heavy (non-hydrogen) atoms. The van der Waals surface area contributed by atoms with Crippen LogP contribution in [0.25, 0.3) is 0 Å². The van der Waals surface area contributed by atoms with Gasteiger partial charge in [0.05, 0.1) is 0 Å². The number of hydrogen-bond donors (Lipinski definition) is 0. The van der Waals surface area contributed by atoms with Crippen molar-refractivity contribution in [1.29, 1.82) is 0 Å². The molecule has 0 saturated carbocycles. The highest BCUT2D eigenvalue weighted by Gasteiger charge is 2.73. The summed E-state index contributed by atoms with van der Waals surface area (Å²) >= 11 is 1.38. The van der Waals surface area contributed by atoms with Crippen molar-refractivity contribution in [1.82, 2.24) is 4.90 Å². The fourth-order valence-electron chi connectivity index (χ4n) is 4.36. The topological polar surface area (TPSA) is 63.7 Å². The normalized spacial score (nSPS) is 26.0. The van der Waals surface area contributed by atoms with Gasteiger partial charge in [-0.1, -0.05) is 66.6 Å². The number of esters is 1. The van der Waals surface area contributed by atoms with Crippen LogP contribution in [0.3, 0.4) is 0 Å². The Morgan fingerprint density at radius 1 is 1.06 bits per heavy atom. The lowest BCUT2D eigenvalue weighted by molar-refractivity contribution is -0.175. The highest BCUT2D eigenvalue weighted by atomic mass is 32.2. The molecule has 1 amide bonds. The summed E-state index contributed by atoms with van der Waals surface area (Å²) in [5, 5.41) is -0.568. The number of benzene rings is 2. The second-order valence-corrected chi connectivity index (χ2v) is 10.1. The molecule has 5 nitrogen and oxygen atoms in total. The monoisotopic (exact) mass is 433 g/mol. The van der Waals surface area contributed by atoms with Crippen molar-refractivity contribution in [2.45, 2.75) is 43.0 Å². The summed E-state index contributed by atoms with van der Waals surface area (Å²) in [6, 6.07) is 18.1. The Hall–Kier alpha value is -3.04. The lowest BCUT2D eigenvalue weighted by atomic mass is 9.74. The molecule has 4 rings (SSSR count). The predicted molar refractivity (Wildman–Crippen MR) is 119 cm³/mol. The van der Waals surface area contributed by atoms with Crippen LogP contribution in [0.1, 0.15) is 38.0 Å². The Kier molecular flexibility index (Phi) is 5.18. The molecule has 2 heterocycles. The Labute approximate surface area is 186 Å². The standard InChI is InChI=1S/C25H23NO4S/c1-5-25(16(2)27)22(29)26-20(24(3,4)31-23(25)26)21(28)30-19(17-12-8-6-9-13-17)18-14-10-7-11-15-18/h1,6-15,19-20,23H,2-4H3/t20-,23+,25-/m0/s1. The number of ketones is 1. The molecule has 2 fully saturated rings. The van der Waals surface area contributed by atoms with Gasteiger partial charge in [0.1, 0.15) is 11.4 Å². The number of carbonyl (C=O) groups excluding carboxylic acids is 3. The van der Waals surface area contributed by atoms with E-state index in [-0.39, 0.29) is 5.78 Å². The van der Waals surface area contributed by atoms with E-state index in [9.17, 15) is 14.4 Å². The van der Waals surface area contributed by atoms with E-state index in [1.54, 1.807) is 0 Å².